The number of ether oxygens (including phenoxy) is 1. The molecule has 0 spiro atoms. The maximum Gasteiger partial charge on any atom is 0.215 e. The van der Waals surface area contributed by atoms with Crippen LogP contribution in [0.1, 0.15) is 11.3 Å². The van der Waals surface area contributed by atoms with Crippen LogP contribution in [-0.4, -0.2) is 13.8 Å². The zero-order valence-electron chi connectivity index (χ0n) is 12.1. The highest BCUT2D eigenvalue weighted by atomic mass is 35.5. The lowest BCUT2D eigenvalue weighted by molar-refractivity contribution is 0.368. The number of nitrogens with one attached hydrogen (secondary N) is 1. The van der Waals surface area contributed by atoms with Gasteiger partial charge in [-0.25, -0.2) is 4.39 Å². The lowest BCUT2D eigenvalue weighted by Crippen LogP contribution is -1.98. The van der Waals surface area contributed by atoms with Crippen LogP contribution in [0.5, 0.6) is 0 Å². The van der Waals surface area contributed by atoms with Crippen LogP contribution in [0.2, 0.25) is 5.02 Å². The molecule has 0 radical (unpaired) electrons. The van der Waals surface area contributed by atoms with Gasteiger partial charge in [-0.05, 0) is 31.8 Å². The highest BCUT2D eigenvalue weighted by Gasteiger charge is 2.20. The van der Waals surface area contributed by atoms with Crippen molar-refractivity contribution in [2.45, 2.75) is 6.92 Å². The average Bonchev–Trinajstić information content (AvgIpc) is 2.75. The number of benzene rings is 1. The summed E-state index contributed by atoms with van der Waals surface area (Å²) in [6.07, 6.45) is 1.44. The SMILES string of the molecule is C=N/C=C(/OC)c1c(C)oc(N)c1Nc1ccc(F)c(Cl)c1. The summed E-state index contributed by atoms with van der Waals surface area (Å²) in [7, 11) is 1.50. The Morgan fingerprint density at radius 2 is 2.27 bits per heavy atom. The van der Waals surface area contributed by atoms with E-state index in [0.717, 1.165) is 0 Å². The van der Waals surface area contributed by atoms with Gasteiger partial charge in [0, 0.05) is 5.69 Å². The van der Waals surface area contributed by atoms with Crippen LogP contribution in [-0.2, 0) is 4.74 Å². The molecule has 1 aromatic carbocycles. The van der Waals surface area contributed by atoms with E-state index in [1.165, 1.54) is 31.5 Å². The Hall–Kier alpha value is -2.47. The van der Waals surface area contributed by atoms with Crippen molar-refractivity contribution in [3.63, 3.8) is 0 Å². The fraction of sp³-hybridized carbons (Fsp3) is 0.133. The van der Waals surface area contributed by atoms with Gasteiger partial charge in [0.05, 0.1) is 23.9 Å². The van der Waals surface area contributed by atoms with E-state index >= 15 is 0 Å². The van der Waals surface area contributed by atoms with Crippen molar-refractivity contribution in [1.82, 2.24) is 0 Å². The maximum absolute atomic E-state index is 13.2. The second-order valence-corrected chi connectivity index (χ2v) is 4.81. The molecule has 0 aliphatic rings. The molecule has 3 N–H and O–H groups in total. The van der Waals surface area contributed by atoms with Crippen molar-refractivity contribution in [3.8, 4) is 0 Å². The van der Waals surface area contributed by atoms with Gasteiger partial charge in [0.25, 0.3) is 0 Å². The number of nitrogens with two attached hydrogens (primary N) is 1. The molecular formula is C15H15ClFN3O2. The number of aryl methyl sites for hydroxylation is 1. The molecule has 5 nitrogen and oxygen atoms in total. The molecule has 0 aliphatic carbocycles. The second kappa shape index (κ2) is 6.53. The van der Waals surface area contributed by atoms with Crippen molar-refractivity contribution < 1.29 is 13.5 Å². The number of nitrogen functional groups attached to an aromatic ring is 1. The van der Waals surface area contributed by atoms with Gasteiger partial charge in [0.15, 0.2) is 0 Å². The summed E-state index contributed by atoms with van der Waals surface area (Å²) in [4.78, 5) is 3.69. The summed E-state index contributed by atoms with van der Waals surface area (Å²) >= 11 is 5.78. The number of rotatable bonds is 5. The zero-order valence-corrected chi connectivity index (χ0v) is 12.9. The molecule has 116 valence electrons. The minimum absolute atomic E-state index is 0.000559. The van der Waals surface area contributed by atoms with Crippen molar-refractivity contribution in [1.29, 1.82) is 0 Å². The van der Waals surface area contributed by atoms with Gasteiger partial charge in [0.2, 0.25) is 5.88 Å². The summed E-state index contributed by atoms with van der Waals surface area (Å²) in [5, 5.41) is 3.05. The predicted octanol–water partition coefficient (Wildman–Crippen LogP) is 4.35. The van der Waals surface area contributed by atoms with Gasteiger partial charge in [-0.1, -0.05) is 11.6 Å². The number of hydrogen-bond acceptors (Lipinski definition) is 5. The van der Waals surface area contributed by atoms with Crippen LogP contribution >= 0.6 is 11.6 Å². The molecule has 0 saturated carbocycles. The highest BCUT2D eigenvalue weighted by Crippen LogP contribution is 2.38. The number of aliphatic imine (C=N–C) groups is 1. The smallest absolute Gasteiger partial charge is 0.215 e. The van der Waals surface area contributed by atoms with Gasteiger partial charge in [0.1, 0.15) is 23.0 Å². The molecular weight excluding hydrogens is 309 g/mol. The molecule has 2 aromatic rings. The summed E-state index contributed by atoms with van der Waals surface area (Å²) < 4.78 is 23.9. The summed E-state index contributed by atoms with van der Waals surface area (Å²) in [5.74, 6) is 0.644. The van der Waals surface area contributed by atoms with E-state index in [1.807, 2.05) is 0 Å². The fourth-order valence-corrected chi connectivity index (χ4v) is 2.19. The first-order valence-corrected chi connectivity index (χ1v) is 6.67. The molecule has 0 unspecified atom stereocenters. The van der Waals surface area contributed by atoms with Crippen LogP contribution in [0.3, 0.4) is 0 Å². The monoisotopic (exact) mass is 323 g/mol. The molecule has 0 saturated heterocycles. The molecule has 0 fully saturated rings. The quantitative estimate of drug-likeness (QED) is 0.633. The standard InChI is InChI=1S/C15H15ClFN3O2/c1-8-13(12(21-3)7-19-2)14(15(18)22-8)20-9-4-5-11(17)10(16)6-9/h4-7,20H,2,18H2,1,3H3/b12-7+. The van der Waals surface area contributed by atoms with Crippen LogP contribution < -0.4 is 11.1 Å². The number of methoxy groups -OCH3 is 1. The van der Waals surface area contributed by atoms with E-state index in [4.69, 9.17) is 26.5 Å². The average molecular weight is 324 g/mol. The molecule has 22 heavy (non-hydrogen) atoms. The number of nitrogens with zero attached hydrogens (tertiary/aromatic N) is 1. The van der Waals surface area contributed by atoms with Gasteiger partial charge < -0.3 is 20.2 Å². The normalized spacial score (nSPS) is 11.4. The second-order valence-electron chi connectivity index (χ2n) is 4.41. The van der Waals surface area contributed by atoms with Crippen molar-refractivity contribution >= 4 is 41.3 Å². The van der Waals surface area contributed by atoms with E-state index in [0.29, 0.717) is 28.5 Å². The summed E-state index contributed by atoms with van der Waals surface area (Å²) in [5.41, 5.74) is 7.53. The topological polar surface area (TPSA) is 72.8 Å². The first kappa shape index (κ1) is 15.9. The minimum Gasteiger partial charge on any atom is -0.494 e. The number of anilines is 3. The van der Waals surface area contributed by atoms with Gasteiger partial charge in [-0.15, -0.1) is 0 Å². The van der Waals surface area contributed by atoms with Crippen LogP contribution in [0.15, 0.2) is 33.8 Å². The van der Waals surface area contributed by atoms with Crippen LogP contribution in [0.25, 0.3) is 5.76 Å². The lowest BCUT2D eigenvalue weighted by Gasteiger charge is -2.10. The Morgan fingerprint density at radius 1 is 1.55 bits per heavy atom. The third-order valence-electron chi connectivity index (χ3n) is 2.98. The van der Waals surface area contributed by atoms with Gasteiger partial charge >= 0.3 is 0 Å². The summed E-state index contributed by atoms with van der Waals surface area (Å²) in [6.45, 7) is 5.14. The third-order valence-corrected chi connectivity index (χ3v) is 3.26. The Balaban J connectivity index is 2.48. The van der Waals surface area contributed by atoms with E-state index in [-0.39, 0.29) is 10.9 Å². The third kappa shape index (κ3) is 3.07. The van der Waals surface area contributed by atoms with Crippen molar-refractivity contribution in [2.75, 3.05) is 18.2 Å². The van der Waals surface area contributed by atoms with Crippen LogP contribution in [0, 0.1) is 12.7 Å². The largest absolute Gasteiger partial charge is 0.494 e. The molecule has 2 rings (SSSR count). The first-order valence-electron chi connectivity index (χ1n) is 6.29. The van der Waals surface area contributed by atoms with Gasteiger partial charge in [-0.3, -0.25) is 4.99 Å². The van der Waals surface area contributed by atoms with Crippen molar-refractivity contribution in [2.24, 2.45) is 4.99 Å². The Kier molecular flexibility index (Phi) is 4.72. The number of hydrogen-bond donors (Lipinski definition) is 2. The van der Waals surface area contributed by atoms with E-state index < -0.39 is 5.82 Å². The van der Waals surface area contributed by atoms with E-state index in [2.05, 4.69) is 17.0 Å². The Labute approximate surface area is 132 Å². The molecule has 0 aliphatic heterocycles. The van der Waals surface area contributed by atoms with Crippen molar-refractivity contribution in [3.05, 3.63) is 46.6 Å². The minimum atomic E-state index is -0.503. The molecule has 7 heteroatoms. The molecule has 0 amide bonds. The lowest BCUT2D eigenvalue weighted by atomic mass is 10.1. The Morgan fingerprint density at radius 3 is 2.86 bits per heavy atom. The fourth-order valence-electron chi connectivity index (χ4n) is 2.01. The number of halogens is 2. The van der Waals surface area contributed by atoms with Crippen LogP contribution in [0.4, 0.5) is 21.6 Å². The predicted molar refractivity (Wildman–Crippen MR) is 87.1 cm³/mol. The highest BCUT2D eigenvalue weighted by molar-refractivity contribution is 6.31. The Bertz CT molecular complexity index is 741. The number of furan rings is 1. The molecule has 0 atom stereocenters. The first-order chi connectivity index (χ1) is 10.5. The molecule has 1 heterocycles. The maximum atomic E-state index is 13.2. The van der Waals surface area contributed by atoms with E-state index in [9.17, 15) is 4.39 Å². The van der Waals surface area contributed by atoms with Gasteiger partial charge in [-0.2, -0.15) is 0 Å². The summed E-state index contributed by atoms with van der Waals surface area (Å²) in [6, 6.07) is 4.24. The molecule has 0 bridgehead atoms. The van der Waals surface area contributed by atoms with E-state index in [1.54, 1.807) is 6.92 Å². The zero-order chi connectivity index (χ0) is 16.3. The molecule has 1 aromatic heterocycles.